The van der Waals surface area contributed by atoms with E-state index in [-0.39, 0.29) is 0 Å². The Hall–Kier alpha value is -1.96. The molecule has 2 aromatic rings. The van der Waals surface area contributed by atoms with Gasteiger partial charge >= 0.3 is 0 Å². The molecule has 1 heterocycles. The first-order chi connectivity index (χ1) is 8.81. The minimum Gasteiger partial charge on any atom is -0.264 e. The maximum absolute atomic E-state index is 12.4. The van der Waals surface area contributed by atoms with E-state index in [0.29, 0.717) is 5.56 Å². The van der Waals surface area contributed by atoms with Crippen LogP contribution in [-0.4, -0.2) is 4.98 Å². The molecule has 0 bridgehead atoms. The molecule has 1 nitrogen and oxygen atoms in total. The first-order valence-electron chi connectivity index (χ1n) is 6.08. The van der Waals surface area contributed by atoms with Gasteiger partial charge in [-0.15, -0.1) is 0 Å². The van der Waals surface area contributed by atoms with Crippen molar-refractivity contribution < 1.29 is 4.39 Å². The zero-order valence-corrected chi connectivity index (χ0v) is 10.4. The zero-order chi connectivity index (χ0) is 12.8. The Kier molecular flexibility index (Phi) is 4.24. The van der Waals surface area contributed by atoms with Crippen LogP contribution in [0.3, 0.4) is 0 Å². The molecule has 0 spiro atoms. The summed E-state index contributed by atoms with van der Waals surface area (Å²) in [6.45, 7) is 1.70. The lowest BCUT2D eigenvalue weighted by Gasteiger charge is -1.98. The van der Waals surface area contributed by atoms with Gasteiger partial charge in [0.15, 0.2) is 0 Å². The van der Waals surface area contributed by atoms with Gasteiger partial charge in [-0.05, 0) is 34.7 Å². The quantitative estimate of drug-likeness (QED) is 0.778. The van der Waals surface area contributed by atoms with Gasteiger partial charge in [0.2, 0.25) is 0 Å². The Morgan fingerprint density at radius 1 is 1.00 bits per heavy atom. The number of aromatic nitrogens is 1. The largest absolute Gasteiger partial charge is 0.264 e. The molecule has 0 radical (unpaired) electrons. The zero-order valence-electron chi connectivity index (χ0n) is 10.4. The molecular weight excluding hydrogens is 225 g/mol. The molecule has 2 heteroatoms. The number of halogens is 1. The fourth-order valence-corrected chi connectivity index (χ4v) is 1.70. The van der Waals surface area contributed by atoms with E-state index in [9.17, 15) is 4.39 Å². The van der Waals surface area contributed by atoms with E-state index >= 15 is 0 Å². The Morgan fingerprint density at radius 3 is 2.39 bits per heavy atom. The molecule has 2 rings (SSSR count). The van der Waals surface area contributed by atoms with E-state index < -0.39 is 6.67 Å². The normalized spacial score (nSPS) is 11.0. The molecule has 0 fully saturated rings. The van der Waals surface area contributed by atoms with Crippen LogP contribution in [0.1, 0.15) is 29.2 Å². The van der Waals surface area contributed by atoms with Crippen LogP contribution in [0.15, 0.2) is 42.7 Å². The summed E-state index contributed by atoms with van der Waals surface area (Å²) in [6, 6.07) is 9.57. The molecule has 0 N–H and O–H groups in total. The third kappa shape index (κ3) is 3.27. The van der Waals surface area contributed by atoms with Crippen LogP contribution in [0.2, 0.25) is 0 Å². The standard InChI is InChI=1S/C16H16FN/c1-2-13-9-16(12-18-11-13)8-5-14-3-6-15(10-17)7-4-14/h3-9,11-12H,2,10H2,1H3/b8-5+. The molecule has 0 aliphatic rings. The fraction of sp³-hybridized carbons (Fsp3) is 0.188. The lowest BCUT2D eigenvalue weighted by atomic mass is 10.1. The molecule has 1 aromatic heterocycles. The summed E-state index contributed by atoms with van der Waals surface area (Å²) in [7, 11) is 0. The number of nitrogens with zero attached hydrogens (tertiary/aromatic N) is 1. The van der Waals surface area contributed by atoms with Gasteiger partial charge in [-0.3, -0.25) is 4.98 Å². The van der Waals surface area contributed by atoms with Gasteiger partial charge in [-0.1, -0.05) is 43.3 Å². The second-order valence-electron chi connectivity index (χ2n) is 4.19. The van der Waals surface area contributed by atoms with Gasteiger partial charge in [-0.2, -0.15) is 0 Å². The van der Waals surface area contributed by atoms with Gasteiger partial charge in [0.05, 0.1) is 0 Å². The van der Waals surface area contributed by atoms with E-state index in [1.54, 1.807) is 12.1 Å². The number of rotatable bonds is 4. The smallest absolute Gasteiger partial charge is 0.115 e. The predicted octanol–water partition coefficient (Wildman–Crippen LogP) is 4.28. The Bertz CT molecular complexity index is 529. The summed E-state index contributed by atoms with van der Waals surface area (Å²) in [5.74, 6) is 0. The van der Waals surface area contributed by atoms with Crippen LogP contribution >= 0.6 is 0 Å². The summed E-state index contributed by atoms with van der Waals surface area (Å²) in [5, 5.41) is 0. The van der Waals surface area contributed by atoms with Crippen molar-refractivity contribution in [2.45, 2.75) is 20.0 Å². The first kappa shape index (κ1) is 12.5. The minimum absolute atomic E-state index is 0.410. The van der Waals surface area contributed by atoms with Crippen LogP contribution < -0.4 is 0 Å². The van der Waals surface area contributed by atoms with Gasteiger partial charge < -0.3 is 0 Å². The van der Waals surface area contributed by atoms with Crippen molar-refractivity contribution in [3.05, 3.63) is 65.0 Å². The Labute approximate surface area is 107 Å². The maximum Gasteiger partial charge on any atom is 0.115 e. The van der Waals surface area contributed by atoms with E-state index in [1.165, 1.54) is 5.56 Å². The van der Waals surface area contributed by atoms with Crippen molar-refractivity contribution >= 4 is 12.2 Å². The second-order valence-corrected chi connectivity index (χ2v) is 4.19. The Balaban J connectivity index is 2.13. The summed E-state index contributed by atoms with van der Waals surface area (Å²) in [6.07, 6.45) is 8.74. The highest BCUT2D eigenvalue weighted by molar-refractivity contribution is 5.69. The average Bonchev–Trinajstić information content (AvgIpc) is 2.46. The highest BCUT2D eigenvalue weighted by Crippen LogP contribution is 2.11. The fourth-order valence-electron chi connectivity index (χ4n) is 1.70. The average molecular weight is 241 g/mol. The molecular formula is C16H16FN. The molecule has 92 valence electrons. The van der Waals surface area contributed by atoms with Crippen molar-refractivity contribution in [3.8, 4) is 0 Å². The van der Waals surface area contributed by atoms with Crippen molar-refractivity contribution in [2.24, 2.45) is 0 Å². The monoisotopic (exact) mass is 241 g/mol. The van der Waals surface area contributed by atoms with Crippen molar-refractivity contribution in [2.75, 3.05) is 0 Å². The second kappa shape index (κ2) is 6.10. The van der Waals surface area contributed by atoms with Crippen molar-refractivity contribution in [1.82, 2.24) is 4.98 Å². The summed E-state index contributed by atoms with van der Waals surface area (Å²) < 4.78 is 12.4. The maximum atomic E-state index is 12.4. The van der Waals surface area contributed by atoms with E-state index in [2.05, 4.69) is 18.0 Å². The molecule has 0 aliphatic carbocycles. The highest BCUT2D eigenvalue weighted by Gasteiger charge is 1.93. The highest BCUT2D eigenvalue weighted by atomic mass is 19.1. The van der Waals surface area contributed by atoms with Crippen LogP contribution in [0, 0.1) is 0 Å². The SMILES string of the molecule is CCc1cncc(/C=C/c2ccc(CF)cc2)c1. The van der Waals surface area contributed by atoms with Gasteiger partial charge in [0.1, 0.15) is 6.67 Å². The molecule has 0 saturated heterocycles. The number of aryl methyl sites for hydroxylation is 1. The van der Waals surface area contributed by atoms with Gasteiger partial charge in [-0.25, -0.2) is 4.39 Å². The molecule has 0 saturated carbocycles. The van der Waals surface area contributed by atoms with E-state index in [1.807, 2.05) is 36.7 Å². The molecule has 18 heavy (non-hydrogen) atoms. The third-order valence-electron chi connectivity index (χ3n) is 2.83. The minimum atomic E-state index is -0.410. The lowest BCUT2D eigenvalue weighted by molar-refractivity contribution is 0.485. The van der Waals surface area contributed by atoms with Gasteiger partial charge in [0, 0.05) is 12.4 Å². The van der Waals surface area contributed by atoms with Crippen LogP contribution in [0.4, 0.5) is 4.39 Å². The molecule has 0 amide bonds. The van der Waals surface area contributed by atoms with Gasteiger partial charge in [0.25, 0.3) is 0 Å². The van der Waals surface area contributed by atoms with E-state index in [4.69, 9.17) is 0 Å². The number of hydrogen-bond acceptors (Lipinski definition) is 1. The topological polar surface area (TPSA) is 12.9 Å². The van der Waals surface area contributed by atoms with Crippen molar-refractivity contribution in [1.29, 1.82) is 0 Å². The Morgan fingerprint density at radius 2 is 1.72 bits per heavy atom. The lowest BCUT2D eigenvalue weighted by Crippen LogP contribution is -1.84. The summed E-state index contributed by atoms with van der Waals surface area (Å²) in [5.41, 5.74) is 4.09. The first-order valence-corrected chi connectivity index (χ1v) is 6.08. The number of alkyl halides is 1. The molecule has 0 unspecified atom stereocenters. The van der Waals surface area contributed by atoms with Crippen LogP contribution in [0.5, 0.6) is 0 Å². The predicted molar refractivity (Wildman–Crippen MR) is 73.8 cm³/mol. The number of benzene rings is 1. The summed E-state index contributed by atoms with van der Waals surface area (Å²) >= 11 is 0. The van der Waals surface area contributed by atoms with Crippen LogP contribution in [-0.2, 0) is 13.1 Å². The third-order valence-corrected chi connectivity index (χ3v) is 2.83. The molecule has 0 aliphatic heterocycles. The van der Waals surface area contributed by atoms with Crippen LogP contribution in [0.25, 0.3) is 12.2 Å². The van der Waals surface area contributed by atoms with E-state index in [0.717, 1.165) is 17.5 Å². The van der Waals surface area contributed by atoms with Crippen molar-refractivity contribution in [3.63, 3.8) is 0 Å². The summed E-state index contributed by atoms with van der Waals surface area (Å²) in [4.78, 5) is 4.19. The number of pyridine rings is 1. The number of hydrogen-bond donors (Lipinski definition) is 0. The molecule has 0 atom stereocenters. The molecule has 1 aromatic carbocycles.